The Morgan fingerprint density at radius 3 is 2.12 bits per heavy atom. The van der Waals surface area contributed by atoms with Gasteiger partial charge in [0.15, 0.2) is 0 Å². The standard InChI is InChI=1S/C14H25NO/c1-2-4-8-14(9-5-3-1)15-10-13(11-16-14)12-6-7-12/h12-13,15H,1-11H2. The molecule has 3 aliphatic rings. The summed E-state index contributed by atoms with van der Waals surface area (Å²) in [5.74, 6) is 1.80. The molecule has 2 nitrogen and oxygen atoms in total. The molecule has 0 radical (unpaired) electrons. The number of hydrogen-bond acceptors (Lipinski definition) is 2. The highest BCUT2D eigenvalue weighted by atomic mass is 16.5. The Hall–Kier alpha value is -0.0800. The van der Waals surface area contributed by atoms with Gasteiger partial charge in [-0.3, -0.25) is 5.32 Å². The maximum Gasteiger partial charge on any atom is 0.119 e. The average Bonchev–Trinajstić information content (AvgIpc) is 3.09. The first-order valence-corrected chi connectivity index (χ1v) is 7.27. The zero-order chi connectivity index (χ0) is 10.8. The third-order valence-electron chi connectivity index (χ3n) is 4.71. The van der Waals surface area contributed by atoms with E-state index in [-0.39, 0.29) is 5.72 Å². The number of hydrogen-bond donors (Lipinski definition) is 1. The van der Waals surface area contributed by atoms with Gasteiger partial charge in [0, 0.05) is 6.54 Å². The Morgan fingerprint density at radius 1 is 0.875 bits per heavy atom. The van der Waals surface area contributed by atoms with Gasteiger partial charge in [-0.2, -0.15) is 0 Å². The largest absolute Gasteiger partial charge is 0.360 e. The van der Waals surface area contributed by atoms with Gasteiger partial charge in [-0.1, -0.05) is 19.3 Å². The first-order chi connectivity index (χ1) is 7.88. The van der Waals surface area contributed by atoms with Crippen molar-refractivity contribution in [1.82, 2.24) is 5.32 Å². The van der Waals surface area contributed by atoms with Gasteiger partial charge in [0.25, 0.3) is 0 Å². The van der Waals surface area contributed by atoms with E-state index in [9.17, 15) is 0 Å². The number of rotatable bonds is 1. The second-order valence-electron chi connectivity index (χ2n) is 6.05. The second-order valence-corrected chi connectivity index (χ2v) is 6.05. The Morgan fingerprint density at radius 2 is 1.56 bits per heavy atom. The van der Waals surface area contributed by atoms with Gasteiger partial charge in [0.2, 0.25) is 0 Å². The minimum Gasteiger partial charge on any atom is -0.360 e. The van der Waals surface area contributed by atoms with Crippen molar-refractivity contribution in [2.75, 3.05) is 13.2 Å². The summed E-state index contributed by atoms with van der Waals surface area (Å²) in [7, 11) is 0. The van der Waals surface area contributed by atoms with E-state index in [4.69, 9.17) is 4.74 Å². The van der Waals surface area contributed by atoms with Gasteiger partial charge >= 0.3 is 0 Å². The number of nitrogens with one attached hydrogen (secondary N) is 1. The molecule has 0 aromatic heterocycles. The van der Waals surface area contributed by atoms with Crippen LogP contribution in [0.2, 0.25) is 0 Å². The lowest BCUT2D eigenvalue weighted by atomic mass is 9.90. The van der Waals surface area contributed by atoms with Crippen LogP contribution in [0.1, 0.15) is 57.8 Å². The highest BCUT2D eigenvalue weighted by molar-refractivity contribution is 4.90. The molecule has 3 fully saturated rings. The molecule has 1 spiro atoms. The monoisotopic (exact) mass is 223 g/mol. The molecular weight excluding hydrogens is 198 g/mol. The lowest BCUT2D eigenvalue weighted by molar-refractivity contribution is -0.132. The highest BCUT2D eigenvalue weighted by Gasteiger charge is 2.40. The first-order valence-electron chi connectivity index (χ1n) is 7.27. The van der Waals surface area contributed by atoms with Crippen molar-refractivity contribution >= 4 is 0 Å². The van der Waals surface area contributed by atoms with Crippen LogP contribution in [0.3, 0.4) is 0 Å². The van der Waals surface area contributed by atoms with E-state index >= 15 is 0 Å². The van der Waals surface area contributed by atoms with E-state index in [1.54, 1.807) is 0 Å². The average molecular weight is 223 g/mol. The van der Waals surface area contributed by atoms with E-state index in [0.717, 1.165) is 18.4 Å². The second kappa shape index (κ2) is 4.66. The lowest BCUT2D eigenvalue weighted by Gasteiger charge is -2.42. The fourth-order valence-electron chi connectivity index (χ4n) is 3.36. The van der Waals surface area contributed by atoms with Crippen molar-refractivity contribution in [1.29, 1.82) is 0 Å². The summed E-state index contributed by atoms with van der Waals surface area (Å²) in [6.45, 7) is 2.24. The molecule has 1 N–H and O–H groups in total. The number of ether oxygens (including phenoxy) is 1. The maximum absolute atomic E-state index is 6.24. The first kappa shape index (κ1) is 11.0. The van der Waals surface area contributed by atoms with Crippen molar-refractivity contribution in [3.05, 3.63) is 0 Å². The summed E-state index contributed by atoms with van der Waals surface area (Å²) in [4.78, 5) is 0. The normalized spacial score (nSPS) is 35.6. The van der Waals surface area contributed by atoms with Crippen LogP contribution in [-0.4, -0.2) is 18.9 Å². The molecular formula is C14H25NO. The fraction of sp³-hybridized carbons (Fsp3) is 1.00. The summed E-state index contributed by atoms with van der Waals surface area (Å²) < 4.78 is 6.24. The third-order valence-corrected chi connectivity index (χ3v) is 4.71. The molecule has 1 heterocycles. The molecule has 1 atom stereocenters. The van der Waals surface area contributed by atoms with Gasteiger partial charge < -0.3 is 4.74 Å². The van der Waals surface area contributed by atoms with E-state index in [2.05, 4.69) is 5.32 Å². The quantitative estimate of drug-likeness (QED) is 0.737. The molecule has 2 heteroatoms. The SMILES string of the molecule is C1CCCC2(CCC1)NCC(C1CC1)CO2. The predicted octanol–water partition coefficient (Wildman–Crippen LogP) is 3.07. The highest BCUT2D eigenvalue weighted by Crippen LogP contribution is 2.40. The van der Waals surface area contributed by atoms with Crippen LogP contribution in [0.25, 0.3) is 0 Å². The summed E-state index contributed by atoms with van der Waals surface area (Å²) in [5.41, 5.74) is 0.0752. The third kappa shape index (κ3) is 2.43. The predicted molar refractivity (Wildman–Crippen MR) is 65.2 cm³/mol. The Kier molecular flexibility index (Phi) is 3.21. The van der Waals surface area contributed by atoms with Crippen molar-refractivity contribution in [3.63, 3.8) is 0 Å². The smallest absolute Gasteiger partial charge is 0.119 e. The van der Waals surface area contributed by atoms with E-state index in [1.807, 2.05) is 0 Å². The molecule has 0 amide bonds. The van der Waals surface area contributed by atoms with Gasteiger partial charge in [0.1, 0.15) is 5.72 Å². The maximum atomic E-state index is 6.24. The minimum atomic E-state index is 0.0752. The van der Waals surface area contributed by atoms with Crippen LogP contribution in [0, 0.1) is 11.8 Å². The van der Waals surface area contributed by atoms with E-state index < -0.39 is 0 Å². The molecule has 3 rings (SSSR count). The van der Waals surface area contributed by atoms with Crippen molar-refractivity contribution < 1.29 is 4.74 Å². The molecule has 1 aliphatic heterocycles. The fourth-order valence-corrected chi connectivity index (χ4v) is 3.36. The van der Waals surface area contributed by atoms with Crippen molar-refractivity contribution in [2.45, 2.75) is 63.5 Å². The van der Waals surface area contributed by atoms with Gasteiger partial charge in [-0.25, -0.2) is 0 Å². The van der Waals surface area contributed by atoms with Gasteiger partial charge in [0.05, 0.1) is 6.61 Å². The van der Waals surface area contributed by atoms with Crippen LogP contribution in [0.5, 0.6) is 0 Å². The molecule has 1 saturated heterocycles. The zero-order valence-corrected chi connectivity index (χ0v) is 10.3. The lowest BCUT2D eigenvalue weighted by Crippen LogP contribution is -2.55. The molecule has 0 aromatic rings. The van der Waals surface area contributed by atoms with Crippen molar-refractivity contribution in [3.8, 4) is 0 Å². The Labute approximate surface area is 99.1 Å². The molecule has 0 bridgehead atoms. The summed E-state index contributed by atoms with van der Waals surface area (Å²) >= 11 is 0. The van der Waals surface area contributed by atoms with Crippen LogP contribution in [0.4, 0.5) is 0 Å². The van der Waals surface area contributed by atoms with E-state index in [1.165, 1.54) is 64.3 Å². The van der Waals surface area contributed by atoms with Crippen LogP contribution >= 0.6 is 0 Å². The molecule has 2 saturated carbocycles. The zero-order valence-electron chi connectivity index (χ0n) is 10.3. The van der Waals surface area contributed by atoms with Crippen LogP contribution in [-0.2, 0) is 4.74 Å². The van der Waals surface area contributed by atoms with Crippen LogP contribution in [0.15, 0.2) is 0 Å². The molecule has 2 aliphatic carbocycles. The van der Waals surface area contributed by atoms with Gasteiger partial charge in [-0.05, 0) is 50.4 Å². The molecule has 16 heavy (non-hydrogen) atoms. The Bertz CT molecular complexity index is 219. The van der Waals surface area contributed by atoms with Crippen molar-refractivity contribution in [2.24, 2.45) is 11.8 Å². The summed E-state index contributed by atoms with van der Waals surface area (Å²) in [6, 6.07) is 0. The molecule has 1 unspecified atom stereocenters. The molecule has 92 valence electrons. The topological polar surface area (TPSA) is 21.3 Å². The Balaban J connectivity index is 1.55. The van der Waals surface area contributed by atoms with E-state index in [0.29, 0.717) is 0 Å². The summed E-state index contributed by atoms with van der Waals surface area (Å²) in [5, 5.41) is 3.75. The van der Waals surface area contributed by atoms with Gasteiger partial charge in [-0.15, -0.1) is 0 Å². The molecule has 0 aromatic carbocycles. The summed E-state index contributed by atoms with van der Waals surface area (Å²) in [6.07, 6.45) is 12.3. The van der Waals surface area contributed by atoms with Crippen LogP contribution < -0.4 is 5.32 Å². The minimum absolute atomic E-state index is 0.0752.